The summed E-state index contributed by atoms with van der Waals surface area (Å²) in [5, 5.41) is 2.77. The Balaban J connectivity index is 1.92. The molecule has 0 spiro atoms. The molecular formula is C16H17NO. The zero-order valence-corrected chi connectivity index (χ0v) is 10.5. The topological polar surface area (TPSA) is 29.1 Å². The van der Waals surface area contributed by atoms with Crippen LogP contribution < -0.4 is 5.32 Å². The van der Waals surface area contributed by atoms with Crippen LogP contribution in [0, 0.1) is 0 Å². The molecule has 0 aliphatic rings. The summed E-state index contributed by atoms with van der Waals surface area (Å²) in [4.78, 5) is 10.9. The number of aryl methyl sites for hydroxylation is 2. The first kappa shape index (κ1) is 12.4. The minimum Gasteiger partial charge on any atom is -0.326 e. The van der Waals surface area contributed by atoms with Crippen molar-refractivity contribution in [1.82, 2.24) is 0 Å². The maximum atomic E-state index is 10.9. The van der Waals surface area contributed by atoms with E-state index in [1.54, 1.807) is 0 Å². The summed E-state index contributed by atoms with van der Waals surface area (Å²) in [5.41, 5.74) is 3.49. The highest BCUT2D eigenvalue weighted by Crippen LogP contribution is 2.12. The summed E-state index contributed by atoms with van der Waals surface area (Å²) in [6.45, 7) is 1.52. The SMILES string of the molecule is CC(=O)Nc1ccc(CCc2ccccc2)cc1. The van der Waals surface area contributed by atoms with Gasteiger partial charge in [-0.25, -0.2) is 0 Å². The van der Waals surface area contributed by atoms with Gasteiger partial charge in [0.05, 0.1) is 0 Å². The van der Waals surface area contributed by atoms with Crippen LogP contribution >= 0.6 is 0 Å². The van der Waals surface area contributed by atoms with Crippen molar-refractivity contribution in [2.24, 2.45) is 0 Å². The van der Waals surface area contributed by atoms with Gasteiger partial charge in [0.25, 0.3) is 0 Å². The molecule has 0 saturated carbocycles. The molecule has 0 aromatic heterocycles. The van der Waals surface area contributed by atoms with E-state index >= 15 is 0 Å². The van der Waals surface area contributed by atoms with E-state index in [-0.39, 0.29) is 5.91 Å². The molecule has 2 aromatic carbocycles. The van der Waals surface area contributed by atoms with Gasteiger partial charge in [-0.15, -0.1) is 0 Å². The number of carbonyl (C=O) groups is 1. The van der Waals surface area contributed by atoms with E-state index in [0.29, 0.717) is 0 Å². The molecular weight excluding hydrogens is 222 g/mol. The van der Waals surface area contributed by atoms with Crippen molar-refractivity contribution in [1.29, 1.82) is 0 Å². The molecule has 0 heterocycles. The Kier molecular flexibility index (Phi) is 4.13. The molecule has 0 aliphatic heterocycles. The summed E-state index contributed by atoms with van der Waals surface area (Å²) in [6.07, 6.45) is 2.06. The monoisotopic (exact) mass is 239 g/mol. The fraction of sp³-hybridized carbons (Fsp3) is 0.188. The van der Waals surface area contributed by atoms with Crippen LogP contribution in [0.25, 0.3) is 0 Å². The molecule has 0 saturated heterocycles. The fourth-order valence-corrected chi connectivity index (χ4v) is 1.89. The molecule has 1 amide bonds. The predicted octanol–water partition coefficient (Wildman–Crippen LogP) is 3.43. The second-order valence-electron chi connectivity index (χ2n) is 4.36. The largest absolute Gasteiger partial charge is 0.326 e. The van der Waals surface area contributed by atoms with Gasteiger partial charge in [0.1, 0.15) is 0 Å². The van der Waals surface area contributed by atoms with Crippen LogP contribution in [0.1, 0.15) is 18.1 Å². The van der Waals surface area contributed by atoms with E-state index in [9.17, 15) is 4.79 Å². The maximum absolute atomic E-state index is 10.9. The summed E-state index contributed by atoms with van der Waals surface area (Å²) < 4.78 is 0. The molecule has 0 aliphatic carbocycles. The van der Waals surface area contributed by atoms with Crippen molar-refractivity contribution in [3.8, 4) is 0 Å². The Morgan fingerprint density at radius 3 is 2.00 bits per heavy atom. The Bertz CT molecular complexity index is 502. The zero-order chi connectivity index (χ0) is 12.8. The third-order valence-electron chi connectivity index (χ3n) is 2.82. The summed E-state index contributed by atoms with van der Waals surface area (Å²) in [5.74, 6) is -0.0352. The maximum Gasteiger partial charge on any atom is 0.221 e. The fourth-order valence-electron chi connectivity index (χ4n) is 1.89. The third kappa shape index (κ3) is 3.74. The van der Waals surface area contributed by atoms with Gasteiger partial charge in [-0.1, -0.05) is 42.5 Å². The Morgan fingerprint density at radius 2 is 1.44 bits per heavy atom. The number of carbonyl (C=O) groups excluding carboxylic acids is 1. The van der Waals surface area contributed by atoms with Crippen molar-refractivity contribution in [2.45, 2.75) is 19.8 Å². The van der Waals surface area contributed by atoms with Crippen LogP contribution in [0.2, 0.25) is 0 Å². The lowest BCUT2D eigenvalue weighted by Gasteiger charge is -2.05. The van der Waals surface area contributed by atoms with Crippen LogP contribution in [0.5, 0.6) is 0 Å². The first-order valence-electron chi connectivity index (χ1n) is 6.14. The smallest absolute Gasteiger partial charge is 0.221 e. The number of amides is 1. The lowest BCUT2D eigenvalue weighted by atomic mass is 10.0. The number of anilines is 1. The lowest BCUT2D eigenvalue weighted by molar-refractivity contribution is -0.114. The van der Waals surface area contributed by atoms with Crippen molar-refractivity contribution >= 4 is 11.6 Å². The third-order valence-corrected chi connectivity index (χ3v) is 2.82. The van der Waals surface area contributed by atoms with Crippen molar-refractivity contribution in [3.63, 3.8) is 0 Å². The highest BCUT2D eigenvalue weighted by molar-refractivity contribution is 5.88. The summed E-state index contributed by atoms with van der Waals surface area (Å²) in [6, 6.07) is 18.5. The number of hydrogen-bond acceptors (Lipinski definition) is 1. The van der Waals surface area contributed by atoms with E-state index in [1.807, 2.05) is 18.2 Å². The van der Waals surface area contributed by atoms with E-state index in [2.05, 4.69) is 41.7 Å². The van der Waals surface area contributed by atoms with Crippen molar-refractivity contribution in [2.75, 3.05) is 5.32 Å². The molecule has 0 atom stereocenters. The highest BCUT2D eigenvalue weighted by Gasteiger charge is 1.97. The van der Waals surface area contributed by atoms with Gasteiger partial charge in [0.15, 0.2) is 0 Å². The van der Waals surface area contributed by atoms with Gasteiger partial charge >= 0.3 is 0 Å². The lowest BCUT2D eigenvalue weighted by Crippen LogP contribution is -2.05. The molecule has 2 nitrogen and oxygen atoms in total. The Morgan fingerprint density at radius 1 is 0.889 bits per heavy atom. The molecule has 0 unspecified atom stereocenters. The molecule has 2 rings (SSSR count). The molecule has 2 aromatic rings. The molecule has 0 radical (unpaired) electrons. The van der Waals surface area contributed by atoms with Crippen LogP contribution in [-0.2, 0) is 17.6 Å². The number of rotatable bonds is 4. The second-order valence-corrected chi connectivity index (χ2v) is 4.36. The molecule has 18 heavy (non-hydrogen) atoms. The van der Waals surface area contributed by atoms with Gasteiger partial charge < -0.3 is 5.32 Å². The Hall–Kier alpha value is -2.09. The van der Waals surface area contributed by atoms with Crippen molar-refractivity contribution in [3.05, 3.63) is 65.7 Å². The van der Waals surface area contributed by atoms with Crippen LogP contribution in [0.3, 0.4) is 0 Å². The normalized spacial score (nSPS) is 10.1. The molecule has 0 bridgehead atoms. The minimum absolute atomic E-state index is 0.0352. The summed E-state index contributed by atoms with van der Waals surface area (Å²) in [7, 11) is 0. The van der Waals surface area contributed by atoms with Gasteiger partial charge in [-0.2, -0.15) is 0 Å². The average molecular weight is 239 g/mol. The van der Waals surface area contributed by atoms with Gasteiger partial charge in [0.2, 0.25) is 5.91 Å². The first-order valence-corrected chi connectivity index (χ1v) is 6.14. The molecule has 0 fully saturated rings. The number of hydrogen-bond donors (Lipinski definition) is 1. The summed E-state index contributed by atoms with van der Waals surface area (Å²) >= 11 is 0. The van der Waals surface area contributed by atoms with Crippen LogP contribution in [0.4, 0.5) is 5.69 Å². The number of benzene rings is 2. The first-order chi connectivity index (χ1) is 8.74. The van der Waals surface area contributed by atoms with E-state index < -0.39 is 0 Å². The van der Waals surface area contributed by atoms with Gasteiger partial charge in [-0.05, 0) is 36.1 Å². The van der Waals surface area contributed by atoms with Crippen LogP contribution in [0.15, 0.2) is 54.6 Å². The van der Waals surface area contributed by atoms with Crippen molar-refractivity contribution < 1.29 is 4.79 Å². The minimum atomic E-state index is -0.0352. The molecule has 2 heteroatoms. The number of nitrogens with one attached hydrogen (secondary N) is 1. The molecule has 92 valence electrons. The quantitative estimate of drug-likeness (QED) is 0.870. The average Bonchev–Trinajstić information content (AvgIpc) is 2.38. The zero-order valence-electron chi connectivity index (χ0n) is 10.5. The van der Waals surface area contributed by atoms with Gasteiger partial charge in [-0.3, -0.25) is 4.79 Å². The highest BCUT2D eigenvalue weighted by atomic mass is 16.1. The molecule has 1 N–H and O–H groups in total. The van der Waals surface area contributed by atoms with E-state index in [0.717, 1.165) is 18.5 Å². The van der Waals surface area contributed by atoms with E-state index in [4.69, 9.17) is 0 Å². The van der Waals surface area contributed by atoms with E-state index in [1.165, 1.54) is 18.1 Å². The standard InChI is InChI=1S/C16H17NO/c1-13(18)17-16-11-9-15(10-12-16)8-7-14-5-3-2-4-6-14/h2-6,9-12H,7-8H2,1H3,(H,17,18). The van der Waals surface area contributed by atoms with Crippen LogP contribution in [-0.4, -0.2) is 5.91 Å². The second kappa shape index (κ2) is 6.01. The predicted molar refractivity (Wildman–Crippen MR) is 74.6 cm³/mol. The Labute approximate surface area is 108 Å². The van der Waals surface area contributed by atoms with Gasteiger partial charge in [0, 0.05) is 12.6 Å².